The van der Waals surface area contributed by atoms with Gasteiger partial charge in [-0.1, -0.05) is 0 Å². The van der Waals surface area contributed by atoms with Crippen molar-refractivity contribution >= 4 is 17.5 Å². The van der Waals surface area contributed by atoms with Gasteiger partial charge in [-0.05, 0) is 23.5 Å². The summed E-state index contributed by atoms with van der Waals surface area (Å²) in [6.45, 7) is 0. The molecule has 2 heterocycles. The second-order valence-electron chi connectivity index (χ2n) is 2.06. The summed E-state index contributed by atoms with van der Waals surface area (Å²) in [5.74, 6) is 0. The second kappa shape index (κ2) is 3.87. The predicted octanol–water partition coefficient (Wildman–Crippen LogP) is 0.568. The van der Waals surface area contributed by atoms with E-state index in [9.17, 15) is 4.79 Å². The van der Waals surface area contributed by atoms with E-state index in [-0.39, 0.29) is 32.7 Å². The fourth-order valence-electron chi connectivity index (χ4n) is 0.912. The molecule has 57 valence electrons. The van der Waals surface area contributed by atoms with Crippen LogP contribution in [0.4, 0.5) is 0 Å². The molecule has 0 atom stereocenters. The molecule has 4 nitrogen and oxygen atoms in total. The molecular formula is C7H4N3OY-. The number of hydrogen-bond acceptors (Lipinski definition) is 3. The summed E-state index contributed by atoms with van der Waals surface area (Å²) < 4.78 is 0. The van der Waals surface area contributed by atoms with Crippen molar-refractivity contribution in [1.82, 2.24) is 15.0 Å². The van der Waals surface area contributed by atoms with Crippen LogP contribution in [0, 0.1) is 6.20 Å². The molecule has 0 aliphatic heterocycles. The number of H-pyrrole nitrogens is 1. The summed E-state index contributed by atoms with van der Waals surface area (Å²) in [5.41, 5.74) is 1.71. The van der Waals surface area contributed by atoms with E-state index in [2.05, 4.69) is 21.1 Å². The Labute approximate surface area is 93.7 Å². The number of hydrogen-bond donors (Lipinski definition) is 1. The molecule has 0 aliphatic carbocycles. The number of carbonyl (C=O) groups excluding carboxylic acids is 1. The van der Waals surface area contributed by atoms with E-state index in [1.807, 2.05) is 0 Å². The number of fused-ring (bicyclic) bond motifs is 1. The Morgan fingerprint density at radius 3 is 3.17 bits per heavy atom. The van der Waals surface area contributed by atoms with Crippen LogP contribution in [-0.2, 0) is 32.7 Å². The minimum Gasteiger partial charge on any atom is -0.447 e. The van der Waals surface area contributed by atoms with Gasteiger partial charge in [0.1, 0.15) is 6.29 Å². The van der Waals surface area contributed by atoms with Crippen LogP contribution in [0.3, 0.4) is 0 Å². The van der Waals surface area contributed by atoms with Crippen LogP contribution in [0.15, 0.2) is 12.4 Å². The second-order valence-corrected chi connectivity index (χ2v) is 2.06. The van der Waals surface area contributed by atoms with E-state index in [1.54, 1.807) is 6.20 Å². The first-order valence-electron chi connectivity index (χ1n) is 3.07. The molecule has 0 aliphatic rings. The smallest absolute Gasteiger partial charge is 0.135 e. The van der Waals surface area contributed by atoms with Crippen molar-refractivity contribution in [1.29, 1.82) is 0 Å². The Hall–Kier alpha value is -0.606. The maximum absolute atomic E-state index is 10.4. The normalized spacial score (nSPS) is 9.33. The summed E-state index contributed by atoms with van der Waals surface area (Å²) >= 11 is 0. The summed E-state index contributed by atoms with van der Waals surface area (Å²) in [6, 6.07) is 0. The van der Waals surface area contributed by atoms with E-state index in [4.69, 9.17) is 0 Å². The molecule has 0 saturated heterocycles. The molecule has 0 aromatic carbocycles. The molecule has 12 heavy (non-hydrogen) atoms. The van der Waals surface area contributed by atoms with Crippen molar-refractivity contribution in [2.75, 3.05) is 0 Å². The van der Waals surface area contributed by atoms with Gasteiger partial charge in [-0.15, -0.1) is 6.20 Å². The fraction of sp³-hybridized carbons (Fsp3) is 0. The monoisotopic (exact) mass is 235 g/mol. The van der Waals surface area contributed by atoms with Crippen LogP contribution in [0.5, 0.6) is 0 Å². The maximum atomic E-state index is 10.4. The first kappa shape index (κ1) is 9.48. The summed E-state index contributed by atoms with van der Waals surface area (Å²) in [7, 11) is 0. The fourth-order valence-corrected chi connectivity index (χ4v) is 0.912. The van der Waals surface area contributed by atoms with Gasteiger partial charge in [0, 0.05) is 32.7 Å². The molecule has 1 radical (unpaired) electrons. The summed E-state index contributed by atoms with van der Waals surface area (Å²) in [5, 5.41) is 0. The molecule has 0 fully saturated rings. The minimum atomic E-state index is 0. The van der Waals surface area contributed by atoms with Crippen LogP contribution in [0.25, 0.3) is 11.2 Å². The van der Waals surface area contributed by atoms with Crippen LogP contribution in [0.1, 0.15) is 10.4 Å². The van der Waals surface area contributed by atoms with Gasteiger partial charge in [-0.25, -0.2) is 0 Å². The van der Waals surface area contributed by atoms with Gasteiger partial charge in [0.25, 0.3) is 0 Å². The van der Waals surface area contributed by atoms with Crippen molar-refractivity contribution in [3.63, 3.8) is 0 Å². The average molecular weight is 235 g/mol. The maximum Gasteiger partial charge on any atom is 0.135 e. The molecule has 0 saturated carbocycles. The van der Waals surface area contributed by atoms with E-state index < -0.39 is 0 Å². The van der Waals surface area contributed by atoms with Gasteiger partial charge >= 0.3 is 0 Å². The van der Waals surface area contributed by atoms with Gasteiger partial charge in [0.2, 0.25) is 0 Å². The Morgan fingerprint density at radius 2 is 2.42 bits per heavy atom. The molecule has 0 spiro atoms. The van der Waals surface area contributed by atoms with Crippen LogP contribution < -0.4 is 0 Å². The van der Waals surface area contributed by atoms with Crippen LogP contribution >= 0.6 is 0 Å². The van der Waals surface area contributed by atoms with Crippen LogP contribution in [0.2, 0.25) is 0 Å². The zero-order valence-corrected chi connectivity index (χ0v) is 8.95. The van der Waals surface area contributed by atoms with E-state index >= 15 is 0 Å². The largest absolute Gasteiger partial charge is 0.447 e. The van der Waals surface area contributed by atoms with Crippen LogP contribution in [-0.4, -0.2) is 21.2 Å². The van der Waals surface area contributed by atoms with E-state index in [1.165, 1.54) is 6.20 Å². The van der Waals surface area contributed by atoms with E-state index in [0.29, 0.717) is 16.7 Å². The summed E-state index contributed by atoms with van der Waals surface area (Å²) in [4.78, 5) is 21.0. The zero-order chi connectivity index (χ0) is 7.68. The number of aldehydes is 1. The molecule has 0 amide bonds. The number of nitrogens with zero attached hydrogens (tertiary/aromatic N) is 2. The third-order valence-electron chi connectivity index (χ3n) is 1.42. The zero-order valence-electron chi connectivity index (χ0n) is 6.11. The standard InChI is InChI=1S/C7H4N3O.Y/c11-4-5-3-10-7-6(5)8-1-2-9-7;/h2-4H,(H,9,10);/q-1;. The molecule has 2 rings (SSSR count). The van der Waals surface area contributed by atoms with Gasteiger partial charge in [-0.2, -0.15) is 0 Å². The molecule has 2 aromatic heterocycles. The van der Waals surface area contributed by atoms with Gasteiger partial charge < -0.3 is 9.97 Å². The van der Waals surface area contributed by atoms with Gasteiger partial charge in [0.05, 0.1) is 5.65 Å². The van der Waals surface area contributed by atoms with Crippen molar-refractivity contribution < 1.29 is 37.5 Å². The molecule has 0 unspecified atom stereocenters. The number of rotatable bonds is 1. The van der Waals surface area contributed by atoms with E-state index in [0.717, 1.165) is 6.29 Å². The third-order valence-corrected chi connectivity index (χ3v) is 1.42. The predicted molar refractivity (Wildman–Crippen MR) is 38.1 cm³/mol. The molecule has 5 heteroatoms. The first-order valence-corrected chi connectivity index (χ1v) is 3.07. The quantitative estimate of drug-likeness (QED) is 0.580. The number of aromatic amines is 1. The average Bonchev–Trinajstić information content (AvgIpc) is 2.47. The Morgan fingerprint density at radius 1 is 1.58 bits per heavy atom. The van der Waals surface area contributed by atoms with Crippen molar-refractivity contribution in [2.45, 2.75) is 0 Å². The SMILES string of the molecule is O=Cc1c[nH]c2nc[c-]nc12.[Y]. The molecule has 2 aromatic rings. The van der Waals surface area contributed by atoms with Crippen molar-refractivity contribution in [3.8, 4) is 0 Å². The number of nitrogens with one attached hydrogen (secondary N) is 1. The first-order chi connectivity index (χ1) is 5.42. The van der Waals surface area contributed by atoms with Gasteiger partial charge in [0.15, 0.2) is 0 Å². The van der Waals surface area contributed by atoms with Crippen molar-refractivity contribution in [3.05, 3.63) is 24.2 Å². The topological polar surface area (TPSA) is 58.6 Å². The minimum absolute atomic E-state index is 0. The third kappa shape index (κ3) is 1.45. The van der Waals surface area contributed by atoms with Crippen molar-refractivity contribution in [2.24, 2.45) is 0 Å². The number of aromatic nitrogens is 3. The molecule has 0 bridgehead atoms. The Kier molecular flexibility index (Phi) is 3.06. The molecule has 1 N–H and O–H groups in total. The Bertz CT molecular complexity index is 398. The molecular weight excluding hydrogens is 231 g/mol. The Balaban J connectivity index is 0.000000720. The summed E-state index contributed by atoms with van der Waals surface area (Å²) in [6.07, 6.45) is 6.32. The number of carbonyl (C=O) groups is 1. The van der Waals surface area contributed by atoms with Gasteiger partial charge in [-0.3, -0.25) is 9.78 Å².